The molecule has 0 fully saturated rings. The largest absolute Gasteiger partial charge is 0.481 e. The highest BCUT2D eigenvalue weighted by molar-refractivity contribution is 6.35. The van der Waals surface area contributed by atoms with Crippen LogP contribution in [0.25, 0.3) is 0 Å². The van der Waals surface area contributed by atoms with Gasteiger partial charge >= 0.3 is 5.97 Å². The zero-order chi connectivity index (χ0) is 16.0. The molecule has 1 aromatic carbocycles. The first kappa shape index (κ1) is 17.4. The average Bonchev–Trinajstić information content (AvgIpc) is 2.94. The predicted molar refractivity (Wildman–Crippen MR) is 82.5 cm³/mol. The Balaban J connectivity index is 0.00000106. The number of hydrogen-bond acceptors (Lipinski definition) is 3. The molecule has 4 nitrogen and oxygen atoms in total. The van der Waals surface area contributed by atoms with Crippen molar-refractivity contribution in [1.29, 1.82) is 0 Å². The minimum Gasteiger partial charge on any atom is -0.481 e. The van der Waals surface area contributed by atoms with Gasteiger partial charge in [0.05, 0.1) is 5.02 Å². The van der Waals surface area contributed by atoms with Gasteiger partial charge in [0, 0.05) is 5.02 Å². The minimum absolute atomic E-state index is 0.132. The van der Waals surface area contributed by atoms with Gasteiger partial charge in [-0.1, -0.05) is 37.0 Å². The van der Waals surface area contributed by atoms with E-state index in [2.05, 4.69) is 0 Å². The van der Waals surface area contributed by atoms with Gasteiger partial charge in [-0.15, -0.1) is 0 Å². The fraction of sp³-hybridized carbons (Fsp3) is 0.267. The molecule has 6 heteroatoms. The second kappa shape index (κ2) is 7.96. The van der Waals surface area contributed by atoms with Crippen LogP contribution >= 0.6 is 23.2 Å². The van der Waals surface area contributed by atoms with Crippen molar-refractivity contribution in [2.45, 2.75) is 26.9 Å². The summed E-state index contributed by atoms with van der Waals surface area (Å²) in [6, 6.07) is 7.79. The third kappa shape index (κ3) is 4.69. The molecule has 1 aromatic heterocycles. The monoisotopic (exact) mass is 330 g/mol. The standard InChI is InChI=1S/C13H10Cl2O4.C2H6/c1-7(10-4-5-12(19-10)13(16)17)18-11-3-2-8(14)6-9(11)15;1-2/h2-7H,1H3,(H,16,17);1-2H3. The molecule has 1 atom stereocenters. The molecule has 1 unspecified atom stereocenters. The number of furan rings is 1. The highest BCUT2D eigenvalue weighted by Gasteiger charge is 2.16. The number of hydrogen-bond donors (Lipinski definition) is 1. The van der Waals surface area contributed by atoms with Crippen LogP contribution in [-0.2, 0) is 0 Å². The van der Waals surface area contributed by atoms with E-state index in [9.17, 15) is 4.79 Å². The van der Waals surface area contributed by atoms with Crippen LogP contribution in [0.1, 0.15) is 43.2 Å². The lowest BCUT2D eigenvalue weighted by atomic mass is 10.3. The van der Waals surface area contributed by atoms with E-state index in [0.29, 0.717) is 21.6 Å². The maximum Gasteiger partial charge on any atom is 0.371 e. The number of benzene rings is 1. The molecular formula is C15H16Cl2O4. The molecule has 1 N–H and O–H groups in total. The zero-order valence-electron chi connectivity index (χ0n) is 11.9. The Hall–Kier alpha value is -1.65. The summed E-state index contributed by atoms with van der Waals surface area (Å²) < 4.78 is 10.8. The molecule has 0 saturated carbocycles. The fourth-order valence-electron chi connectivity index (χ4n) is 1.51. The van der Waals surface area contributed by atoms with E-state index in [0.717, 1.165) is 0 Å². The summed E-state index contributed by atoms with van der Waals surface area (Å²) in [4.78, 5) is 10.7. The Morgan fingerprint density at radius 1 is 1.24 bits per heavy atom. The zero-order valence-corrected chi connectivity index (χ0v) is 13.4. The number of aromatic carboxylic acids is 1. The van der Waals surface area contributed by atoms with Crippen LogP contribution in [0.3, 0.4) is 0 Å². The van der Waals surface area contributed by atoms with Gasteiger partial charge in [-0.2, -0.15) is 0 Å². The van der Waals surface area contributed by atoms with Crippen LogP contribution in [0.2, 0.25) is 10.0 Å². The van der Waals surface area contributed by atoms with Gasteiger partial charge in [0.15, 0.2) is 6.10 Å². The highest BCUT2D eigenvalue weighted by Crippen LogP contribution is 2.31. The van der Waals surface area contributed by atoms with Crippen LogP contribution in [0.5, 0.6) is 5.75 Å². The molecule has 0 bridgehead atoms. The van der Waals surface area contributed by atoms with Crippen molar-refractivity contribution in [3.8, 4) is 5.75 Å². The SMILES string of the molecule is CC.CC(Oc1ccc(Cl)cc1Cl)c1ccc(C(=O)O)o1. The fourth-order valence-corrected chi connectivity index (χ4v) is 1.96. The normalized spacial score (nSPS) is 11.3. The Morgan fingerprint density at radius 2 is 1.90 bits per heavy atom. The third-order valence-electron chi connectivity index (χ3n) is 2.44. The smallest absolute Gasteiger partial charge is 0.371 e. The van der Waals surface area contributed by atoms with Crippen molar-refractivity contribution in [1.82, 2.24) is 0 Å². The van der Waals surface area contributed by atoms with Crippen LogP contribution in [-0.4, -0.2) is 11.1 Å². The molecule has 0 saturated heterocycles. The molecular weight excluding hydrogens is 315 g/mol. The van der Waals surface area contributed by atoms with E-state index >= 15 is 0 Å². The maximum atomic E-state index is 10.7. The Kier molecular flexibility index (Phi) is 6.59. The van der Waals surface area contributed by atoms with E-state index in [4.69, 9.17) is 37.5 Å². The summed E-state index contributed by atoms with van der Waals surface area (Å²) in [5.74, 6) is -0.397. The first-order valence-corrected chi connectivity index (χ1v) is 7.17. The van der Waals surface area contributed by atoms with E-state index < -0.39 is 12.1 Å². The van der Waals surface area contributed by atoms with Crippen LogP contribution < -0.4 is 4.74 Å². The Labute approximate surface area is 133 Å². The molecule has 21 heavy (non-hydrogen) atoms. The lowest BCUT2D eigenvalue weighted by Crippen LogP contribution is -2.02. The van der Waals surface area contributed by atoms with Crippen molar-refractivity contribution in [3.05, 3.63) is 51.9 Å². The van der Waals surface area contributed by atoms with Gasteiger partial charge < -0.3 is 14.3 Å². The maximum absolute atomic E-state index is 10.7. The lowest BCUT2D eigenvalue weighted by Gasteiger charge is -2.13. The quantitative estimate of drug-likeness (QED) is 0.809. The molecule has 114 valence electrons. The number of carboxylic acids is 1. The molecule has 0 aliphatic rings. The van der Waals surface area contributed by atoms with E-state index in [1.807, 2.05) is 13.8 Å². The molecule has 1 heterocycles. The van der Waals surface area contributed by atoms with Crippen molar-refractivity contribution >= 4 is 29.2 Å². The highest BCUT2D eigenvalue weighted by atomic mass is 35.5. The number of rotatable bonds is 4. The van der Waals surface area contributed by atoms with Gasteiger partial charge in [0.2, 0.25) is 5.76 Å². The molecule has 2 aromatic rings. The average molecular weight is 331 g/mol. The second-order valence-corrected chi connectivity index (χ2v) is 4.69. The predicted octanol–water partition coefficient (Wildman–Crippen LogP) is 5.45. The van der Waals surface area contributed by atoms with Gasteiger partial charge in [0.25, 0.3) is 0 Å². The van der Waals surface area contributed by atoms with Crippen LogP contribution in [0.4, 0.5) is 0 Å². The summed E-state index contributed by atoms with van der Waals surface area (Å²) in [5.41, 5.74) is 0. The summed E-state index contributed by atoms with van der Waals surface area (Å²) >= 11 is 11.8. The van der Waals surface area contributed by atoms with Crippen molar-refractivity contribution < 1.29 is 19.1 Å². The first-order valence-electron chi connectivity index (χ1n) is 6.42. The number of ether oxygens (including phenoxy) is 1. The summed E-state index contributed by atoms with van der Waals surface area (Å²) in [7, 11) is 0. The first-order chi connectivity index (χ1) is 9.97. The number of halogens is 2. The topological polar surface area (TPSA) is 59.7 Å². The second-order valence-electron chi connectivity index (χ2n) is 3.84. The van der Waals surface area contributed by atoms with Gasteiger partial charge in [-0.3, -0.25) is 0 Å². The van der Waals surface area contributed by atoms with Gasteiger partial charge in [-0.25, -0.2) is 4.79 Å². The molecule has 0 amide bonds. The summed E-state index contributed by atoms with van der Waals surface area (Å²) in [6.45, 7) is 5.73. The van der Waals surface area contributed by atoms with Crippen molar-refractivity contribution in [2.75, 3.05) is 0 Å². The summed E-state index contributed by atoms with van der Waals surface area (Å²) in [5, 5.41) is 9.66. The number of carbonyl (C=O) groups is 1. The van der Waals surface area contributed by atoms with E-state index in [-0.39, 0.29) is 5.76 Å². The third-order valence-corrected chi connectivity index (χ3v) is 2.97. The van der Waals surface area contributed by atoms with Crippen molar-refractivity contribution in [2.24, 2.45) is 0 Å². The van der Waals surface area contributed by atoms with E-state index in [1.54, 1.807) is 31.2 Å². The molecule has 0 spiro atoms. The molecule has 0 aliphatic heterocycles. The molecule has 2 rings (SSSR count). The Bertz CT molecular complexity index is 607. The molecule has 0 aliphatic carbocycles. The molecule has 0 radical (unpaired) electrons. The van der Waals surface area contributed by atoms with Gasteiger partial charge in [0.1, 0.15) is 11.5 Å². The summed E-state index contributed by atoms with van der Waals surface area (Å²) in [6.07, 6.45) is -0.466. The van der Waals surface area contributed by atoms with Crippen LogP contribution in [0.15, 0.2) is 34.7 Å². The minimum atomic E-state index is -1.12. The van der Waals surface area contributed by atoms with Crippen LogP contribution in [0, 0.1) is 0 Å². The van der Waals surface area contributed by atoms with E-state index in [1.165, 1.54) is 6.07 Å². The van der Waals surface area contributed by atoms with Crippen molar-refractivity contribution in [3.63, 3.8) is 0 Å². The van der Waals surface area contributed by atoms with Gasteiger partial charge in [-0.05, 0) is 37.3 Å². The Morgan fingerprint density at radius 3 is 2.43 bits per heavy atom. The lowest BCUT2D eigenvalue weighted by molar-refractivity contribution is 0.0655. The number of carboxylic acid groups (broad SMARTS) is 1.